The van der Waals surface area contributed by atoms with E-state index in [1.807, 2.05) is 24.3 Å². The zero-order valence-corrected chi connectivity index (χ0v) is 13.0. The zero-order chi connectivity index (χ0) is 15.1. The molecule has 0 aliphatic carbocycles. The number of benzene rings is 2. The number of nitrogens with two attached hydrogens (primary N) is 1. The molecule has 1 atom stereocenters. The molecule has 0 saturated heterocycles. The van der Waals surface area contributed by atoms with Crippen molar-refractivity contribution in [2.75, 3.05) is 6.54 Å². The van der Waals surface area contributed by atoms with Crippen molar-refractivity contribution in [2.24, 2.45) is 5.73 Å². The van der Waals surface area contributed by atoms with Gasteiger partial charge in [0.1, 0.15) is 11.4 Å². The second-order valence-electron chi connectivity index (χ2n) is 5.64. The molecule has 0 amide bonds. The van der Waals surface area contributed by atoms with Crippen molar-refractivity contribution in [3.8, 4) is 5.75 Å². The summed E-state index contributed by atoms with van der Waals surface area (Å²) in [6.07, 6.45) is 3.01. The summed E-state index contributed by atoms with van der Waals surface area (Å²) < 4.78 is 6.34. The Morgan fingerprint density at radius 1 is 1.05 bits per heavy atom. The summed E-state index contributed by atoms with van der Waals surface area (Å²) in [6, 6.07) is 18.7. The Bertz CT molecular complexity index is 553. The molecule has 21 heavy (non-hydrogen) atoms. The molecule has 2 aromatic carbocycles. The van der Waals surface area contributed by atoms with Crippen LogP contribution in [0.25, 0.3) is 0 Å². The summed E-state index contributed by atoms with van der Waals surface area (Å²) in [6.45, 7) is 4.90. The molecule has 2 heteroatoms. The summed E-state index contributed by atoms with van der Waals surface area (Å²) in [7, 11) is 0. The first kappa shape index (κ1) is 15.6. The maximum Gasteiger partial charge on any atom is 0.132 e. The Morgan fingerprint density at radius 3 is 2.48 bits per heavy atom. The average Bonchev–Trinajstić information content (AvgIpc) is 2.49. The molecule has 2 rings (SSSR count). The van der Waals surface area contributed by atoms with Crippen LogP contribution < -0.4 is 10.5 Å². The van der Waals surface area contributed by atoms with Gasteiger partial charge in [-0.15, -0.1) is 0 Å². The van der Waals surface area contributed by atoms with Gasteiger partial charge in [-0.1, -0.05) is 55.8 Å². The Hall–Kier alpha value is -1.80. The molecule has 0 fully saturated rings. The van der Waals surface area contributed by atoms with E-state index in [1.165, 1.54) is 5.56 Å². The minimum atomic E-state index is -0.388. The number of hydrogen-bond acceptors (Lipinski definition) is 2. The largest absolute Gasteiger partial charge is 0.483 e. The van der Waals surface area contributed by atoms with Gasteiger partial charge in [0.25, 0.3) is 0 Å². The average molecular weight is 283 g/mol. The van der Waals surface area contributed by atoms with E-state index in [4.69, 9.17) is 10.5 Å². The van der Waals surface area contributed by atoms with E-state index in [0.29, 0.717) is 6.54 Å². The molecule has 0 bridgehead atoms. The van der Waals surface area contributed by atoms with Crippen LogP contribution in [0.5, 0.6) is 5.75 Å². The predicted molar refractivity (Wildman–Crippen MR) is 88.5 cm³/mol. The van der Waals surface area contributed by atoms with Crippen molar-refractivity contribution < 1.29 is 4.74 Å². The molecule has 0 aromatic heterocycles. The second-order valence-corrected chi connectivity index (χ2v) is 5.64. The van der Waals surface area contributed by atoms with Crippen LogP contribution in [0, 0.1) is 0 Å². The second kappa shape index (κ2) is 7.28. The van der Waals surface area contributed by atoms with Crippen LogP contribution in [0.2, 0.25) is 0 Å². The third-order valence-electron chi connectivity index (χ3n) is 3.79. The van der Waals surface area contributed by atoms with E-state index in [1.54, 1.807) is 0 Å². The highest BCUT2D eigenvalue weighted by atomic mass is 16.5. The highest BCUT2D eigenvalue weighted by molar-refractivity contribution is 5.31. The van der Waals surface area contributed by atoms with Gasteiger partial charge in [0.2, 0.25) is 0 Å². The monoisotopic (exact) mass is 283 g/mol. The lowest BCUT2D eigenvalue weighted by atomic mass is 9.92. The third-order valence-corrected chi connectivity index (χ3v) is 3.79. The first-order valence-corrected chi connectivity index (χ1v) is 7.71. The van der Waals surface area contributed by atoms with E-state index < -0.39 is 0 Å². The van der Waals surface area contributed by atoms with E-state index in [9.17, 15) is 0 Å². The van der Waals surface area contributed by atoms with Gasteiger partial charge in [0.05, 0.1) is 0 Å². The summed E-state index contributed by atoms with van der Waals surface area (Å²) >= 11 is 0. The molecule has 0 aliphatic rings. The molecule has 0 spiro atoms. The van der Waals surface area contributed by atoms with E-state index in [-0.39, 0.29) is 5.60 Å². The van der Waals surface area contributed by atoms with Gasteiger partial charge in [-0.2, -0.15) is 0 Å². The topological polar surface area (TPSA) is 35.2 Å². The van der Waals surface area contributed by atoms with E-state index >= 15 is 0 Å². The van der Waals surface area contributed by atoms with Gasteiger partial charge in [0, 0.05) is 6.42 Å². The van der Waals surface area contributed by atoms with Crippen molar-refractivity contribution in [1.82, 2.24) is 0 Å². The van der Waals surface area contributed by atoms with Crippen LogP contribution >= 0.6 is 0 Å². The maximum absolute atomic E-state index is 6.34. The SMILES string of the molecule is CCCc1cccc(OC(C)(CCN)c2ccccc2)c1. The highest BCUT2D eigenvalue weighted by Crippen LogP contribution is 2.31. The summed E-state index contributed by atoms with van der Waals surface area (Å²) in [5.74, 6) is 0.917. The van der Waals surface area contributed by atoms with Gasteiger partial charge in [0.15, 0.2) is 0 Å². The van der Waals surface area contributed by atoms with Crippen LogP contribution in [0.3, 0.4) is 0 Å². The van der Waals surface area contributed by atoms with E-state index in [0.717, 1.165) is 30.6 Å². The fourth-order valence-electron chi connectivity index (χ4n) is 2.63. The first-order chi connectivity index (χ1) is 10.2. The van der Waals surface area contributed by atoms with Crippen molar-refractivity contribution in [2.45, 2.75) is 38.7 Å². The molecular weight excluding hydrogens is 258 g/mol. The first-order valence-electron chi connectivity index (χ1n) is 7.71. The lowest BCUT2D eigenvalue weighted by molar-refractivity contribution is 0.0796. The maximum atomic E-state index is 6.34. The van der Waals surface area contributed by atoms with Crippen LogP contribution in [0.15, 0.2) is 54.6 Å². The molecule has 0 saturated carbocycles. The number of hydrogen-bond donors (Lipinski definition) is 1. The van der Waals surface area contributed by atoms with Crippen LogP contribution in [-0.2, 0) is 12.0 Å². The number of ether oxygens (including phenoxy) is 1. The van der Waals surface area contributed by atoms with Gasteiger partial charge < -0.3 is 10.5 Å². The fourth-order valence-corrected chi connectivity index (χ4v) is 2.63. The molecular formula is C19H25NO. The Labute approximate surface area is 127 Å². The quantitative estimate of drug-likeness (QED) is 0.823. The fraction of sp³-hybridized carbons (Fsp3) is 0.368. The van der Waals surface area contributed by atoms with Gasteiger partial charge in [-0.25, -0.2) is 0 Å². The third kappa shape index (κ3) is 4.08. The van der Waals surface area contributed by atoms with Crippen LogP contribution in [0.1, 0.15) is 37.8 Å². The molecule has 2 N–H and O–H groups in total. The number of aryl methyl sites for hydroxylation is 1. The minimum Gasteiger partial charge on any atom is -0.483 e. The van der Waals surface area contributed by atoms with Crippen LogP contribution in [0.4, 0.5) is 0 Å². The molecule has 1 unspecified atom stereocenters. The zero-order valence-electron chi connectivity index (χ0n) is 13.0. The van der Waals surface area contributed by atoms with E-state index in [2.05, 4.69) is 44.2 Å². The molecule has 0 aliphatic heterocycles. The van der Waals surface area contributed by atoms with Crippen molar-refractivity contribution in [1.29, 1.82) is 0 Å². The molecule has 0 heterocycles. The van der Waals surface area contributed by atoms with Gasteiger partial charge >= 0.3 is 0 Å². The smallest absolute Gasteiger partial charge is 0.132 e. The van der Waals surface area contributed by atoms with Crippen LogP contribution in [-0.4, -0.2) is 6.54 Å². The Balaban J connectivity index is 2.25. The summed E-state index contributed by atoms with van der Waals surface area (Å²) in [5.41, 5.74) is 7.90. The predicted octanol–water partition coefficient (Wildman–Crippen LogP) is 4.28. The van der Waals surface area contributed by atoms with Gasteiger partial charge in [-0.05, 0) is 43.1 Å². The number of rotatable bonds is 7. The van der Waals surface area contributed by atoms with Crippen molar-refractivity contribution in [3.63, 3.8) is 0 Å². The normalized spacial score (nSPS) is 13.7. The lowest BCUT2D eigenvalue weighted by Gasteiger charge is -2.31. The van der Waals surface area contributed by atoms with Crippen molar-refractivity contribution >= 4 is 0 Å². The molecule has 2 aromatic rings. The molecule has 2 nitrogen and oxygen atoms in total. The molecule has 0 radical (unpaired) electrons. The minimum absolute atomic E-state index is 0.388. The molecule has 112 valence electrons. The lowest BCUT2D eigenvalue weighted by Crippen LogP contribution is -2.32. The standard InChI is InChI=1S/C19H25NO/c1-3-8-16-9-7-12-18(15-16)21-19(2,13-14-20)17-10-5-4-6-11-17/h4-7,9-12,15H,3,8,13-14,20H2,1-2H3. The van der Waals surface area contributed by atoms with Gasteiger partial charge in [-0.3, -0.25) is 0 Å². The van der Waals surface area contributed by atoms with Crippen molar-refractivity contribution in [3.05, 3.63) is 65.7 Å². The summed E-state index contributed by atoms with van der Waals surface area (Å²) in [5, 5.41) is 0. The highest BCUT2D eigenvalue weighted by Gasteiger charge is 2.28. The Morgan fingerprint density at radius 2 is 1.81 bits per heavy atom. The summed E-state index contributed by atoms with van der Waals surface area (Å²) in [4.78, 5) is 0. The Kier molecular flexibility index (Phi) is 5.40.